The van der Waals surface area contributed by atoms with Gasteiger partial charge in [-0.05, 0) is 38.5 Å². The lowest BCUT2D eigenvalue weighted by Gasteiger charge is -2.38. The van der Waals surface area contributed by atoms with Crippen molar-refractivity contribution in [1.82, 2.24) is 0 Å². The van der Waals surface area contributed by atoms with Gasteiger partial charge in [-0.2, -0.15) is 0 Å². The van der Waals surface area contributed by atoms with Crippen LogP contribution in [-0.4, -0.2) is 63.7 Å². The topological polar surface area (TPSA) is 116 Å². The number of rotatable bonds is 17. The van der Waals surface area contributed by atoms with Crippen LogP contribution in [0, 0.1) is 0 Å². The van der Waals surface area contributed by atoms with E-state index in [-0.39, 0.29) is 0 Å². The van der Waals surface area contributed by atoms with Crippen LogP contribution in [0.15, 0.2) is 24.3 Å². The van der Waals surface area contributed by atoms with Crippen molar-refractivity contribution in [1.29, 1.82) is 0 Å². The Bertz CT molecular complexity index is 520. The summed E-state index contributed by atoms with van der Waals surface area (Å²) in [6.07, 6.45) is 14.9. The first kappa shape index (κ1) is 27.8. The molecule has 0 aromatic rings. The van der Waals surface area contributed by atoms with Crippen molar-refractivity contribution < 1.29 is 34.7 Å². The fourth-order valence-electron chi connectivity index (χ4n) is 3.48. The van der Waals surface area contributed by atoms with Gasteiger partial charge in [0, 0.05) is 6.61 Å². The number of hydrogen-bond acceptors (Lipinski definition) is 6. The number of unbranched alkanes of at least 4 members (excludes halogenated alkanes) is 9. The number of aliphatic hydroxyl groups is 3. The minimum atomic E-state index is -1.69. The summed E-state index contributed by atoms with van der Waals surface area (Å²) in [6.45, 7) is 2.52. The third kappa shape index (κ3) is 11.8. The zero-order valence-electron chi connectivity index (χ0n) is 18.9. The van der Waals surface area contributed by atoms with E-state index in [9.17, 15) is 20.1 Å². The Morgan fingerprint density at radius 2 is 1.39 bits per heavy atom. The molecule has 1 aliphatic heterocycles. The summed E-state index contributed by atoms with van der Waals surface area (Å²) >= 11 is 0. The summed E-state index contributed by atoms with van der Waals surface area (Å²) in [4.78, 5) is 11.1. The summed E-state index contributed by atoms with van der Waals surface area (Å²) in [5, 5.41) is 38.3. The molecular formula is C24H42O7. The quantitative estimate of drug-likeness (QED) is 0.200. The van der Waals surface area contributed by atoms with Crippen molar-refractivity contribution in [3.05, 3.63) is 24.3 Å². The van der Waals surface area contributed by atoms with Crippen LogP contribution >= 0.6 is 0 Å². The predicted molar refractivity (Wildman–Crippen MR) is 120 cm³/mol. The molecular weight excluding hydrogens is 400 g/mol. The number of aliphatic hydroxyl groups excluding tert-OH is 3. The van der Waals surface area contributed by atoms with E-state index in [1.165, 1.54) is 38.5 Å². The highest BCUT2D eigenvalue weighted by atomic mass is 16.7. The molecule has 1 saturated heterocycles. The van der Waals surface area contributed by atoms with Gasteiger partial charge in [0.05, 0.1) is 0 Å². The van der Waals surface area contributed by atoms with Gasteiger partial charge >= 0.3 is 5.97 Å². The number of carboxylic acid groups (broad SMARTS) is 1. The fourth-order valence-corrected chi connectivity index (χ4v) is 3.48. The first-order chi connectivity index (χ1) is 15.0. The molecule has 0 radical (unpaired) electrons. The highest BCUT2D eigenvalue weighted by molar-refractivity contribution is 5.73. The molecule has 7 heteroatoms. The SMILES string of the molecule is CCCCC/C=C\C/C=C\CCCCCCCCO[C@@H]1O[C@H](C(=O)O)[C@@H](O)[C@H](O)[C@H]1O. The summed E-state index contributed by atoms with van der Waals surface area (Å²) in [5.74, 6) is -1.40. The Balaban J connectivity index is 1.98. The molecule has 0 aromatic heterocycles. The van der Waals surface area contributed by atoms with E-state index in [4.69, 9.17) is 14.6 Å². The van der Waals surface area contributed by atoms with Gasteiger partial charge in [-0.15, -0.1) is 0 Å². The van der Waals surface area contributed by atoms with E-state index in [0.717, 1.165) is 38.5 Å². The third-order valence-electron chi connectivity index (χ3n) is 5.44. The van der Waals surface area contributed by atoms with Crippen molar-refractivity contribution in [3.8, 4) is 0 Å². The molecule has 31 heavy (non-hydrogen) atoms. The molecule has 0 aromatic carbocycles. The number of carbonyl (C=O) groups is 1. The minimum absolute atomic E-state index is 0.297. The average molecular weight is 443 g/mol. The van der Waals surface area contributed by atoms with Gasteiger partial charge in [0.25, 0.3) is 0 Å². The van der Waals surface area contributed by atoms with Crippen molar-refractivity contribution >= 4 is 5.97 Å². The molecule has 1 heterocycles. The predicted octanol–water partition coefficient (Wildman–Crippen LogP) is 3.71. The Morgan fingerprint density at radius 1 is 0.806 bits per heavy atom. The molecule has 1 fully saturated rings. The second kappa shape index (κ2) is 17.3. The number of allylic oxidation sites excluding steroid dienone is 4. The molecule has 0 amide bonds. The number of ether oxygens (including phenoxy) is 2. The summed E-state index contributed by atoms with van der Waals surface area (Å²) in [6, 6.07) is 0. The van der Waals surface area contributed by atoms with E-state index in [1.54, 1.807) is 0 Å². The Labute approximate surface area is 186 Å². The number of aliphatic carboxylic acids is 1. The molecule has 7 nitrogen and oxygen atoms in total. The van der Waals surface area contributed by atoms with Gasteiger partial charge in [0.2, 0.25) is 0 Å². The van der Waals surface area contributed by atoms with Crippen LogP contribution in [0.4, 0.5) is 0 Å². The maximum absolute atomic E-state index is 11.1. The van der Waals surface area contributed by atoms with Crippen LogP contribution < -0.4 is 0 Å². The third-order valence-corrected chi connectivity index (χ3v) is 5.44. The van der Waals surface area contributed by atoms with E-state index in [2.05, 4.69) is 31.2 Å². The van der Waals surface area contributed by atoms with Crippen molar-refractivity contribution in [2.75, 3.05) is 6.61 Å². The molecule has 4 N–H and O–H groups in total. The lowest BCUT2D eigenvalue weighted by molar-refractivity contribution is -0.294. The summed E-state index contributed by atoms with van der Waals surface area (Å²) < 4.78 is 10.5. The largest absolute Gasteiger partial charge is 0.479 e. The fraction of sp³-hybridized carbons (Fsp3) is 0.792. The van der Waals surface area contributed by atoms with Gasteiger partial charge in [0.1, 0.15) is 18.3 Å². The summed E-state index contributed by atoms with van der Waals surface area (Å²) in [7, 11) is 0. The Morgan fingerprint density at radius 3 is 2.00 bits per heavy atom. The molecule has 1 rings (SSSR count). The molecule has 1 aliphatic rings. The minimum Gasteiger partial charge on any atom is -0.479 e. The monoisotopic (exact) mass is 442 g/mol. The number of carboxylic acids is 1. The number of hydrogen-bond donors (Lipinski definition) is 4. The second-order valence-corrected chi connectivity index (χ2v) is 8.19. The van der Waals surface area contributed by atoms with Crippen molar-refractivity contribution in [2.45, 2.75) is 115 Å². The first-order valence-corrected chi connectivity index (χ1v) is 11.8. The normalized spacial score (nSPS) is 26.8. The van der Waals surface area contributed by atoms with E-state index < -0.39 is 36.7 Å². The Kier molecular flexibility index (Phi) is 15.5. The highest BCUT2D eigenvalue weighted by Gasteiger charge is 2.47. The zero-order valence-corrected chi connectivity index (χ0v) is 18.9. The lowest BCUT2D eigenvalue weighted by Crippen LogP contribution is -2.60. The zero-order chi connectivity index (χ0) is 22.9. The first-order valence-electron chi connectivity index (χ1n) is 11.8. The second-order valence-electron chi connectivity index (χ2n) is 8.19. The van der Waals surface area contributed by atoms with E-state index in [0.29, 0.717) is 6.61 Å². The van der Waals surface area contributed by atoms with Crippen molar-refractivity contribution in [3.63, 3.8) is 0 Å². The van der Waals surface area contributed by atoms with Gasteiger partial charge in [-0.25, -0.2) is 4.79 Å². The van der Waals surface area contributed by atoms with Gasteiger partial charge in [0.15, 0.2) is 12.4 Å². The maximum atomic E-state index is 11.1. The summed E-state index contributed by atoms with van der Waals surface area (Å²) in [5.41, 5.74) is 0. The maximum Gasteiger partial charge on any atom is 0.335 e. The lowest BCUT2D eigenvalue weighted by atomic mass is 9.99. The molecule has 180 valence electrons. The molecule has 0 unspecified atom stereocenters. The van der Waals surface area contributed by atoms with Crippen LogP contribution in [0.2, 0.25) is 0 Å². The van der Waals surface area contributed by atoms with Crippen LogP contribution in [0.5, 0.6) is 0 Å². The smallest absolute Gasteiger partial charge is 0.335 e. The molecule has 0 bridgehead atoms. The Hall–Kier alpha value is -1.25. The molecule has 0 spiro atoms. The van der Waals surface area contributed by atoms with Crippen molar-refractivity contribution in [2.24, 2.45) is 0 Å². The standard InChI is InChI=1S/C24H42O7/c1-2-3-4-5-6-7-8-9-10-11-12-13-14-15-16-17-18-30-24-21(27)19(25)20(26)22(31-24)23(28)29/h6-7,9-10,19-22,24-27H,2-5,8,11-18H2,1H3,(H,28,29)/b7-6-,10-9-/t19-,20-,21+,22-,24+/m0/s1. The van der Waals surface area contributed by atoms with E-state index >= 15 is 0 Å². The van der Waals surface area contributed by atoms with Crippen LogP contribution in [0.25, 0.3) is 0 Å². The highest BCUT2D eigenvalue weighted by Crippen LogP contribution is 2.22. The van der Waals surface area contributed by atoms with Crippen LogP contribution in [0.1, 0.15) is 84.0 Å². The average Bonchev–Trinajstić information content (AvgIpc) is 2.75. The van der Waals surface area contributed by atoms with Gasteiger partial charge < -0.3 is 29.9 Å². The van der Waals surface area contributed by atoms with Gasteiger partial charge in [-0.3, -0.25) is 0 Å². The van der Waals surface area contributed by atoms with Crippen LogP contribution in [0.3, 0.4) is 0 Å². The molecule has 5 atom stereocenters. The molecule has 0 aliphatic carbocycles. The van der Waals surface area contributed by atoms with E-state index in [1.807, 2.05) is 0 Å². The molecule has 0 saturated carbocycles. The van der Waals surface area contributed by atoms with Crippen LogP contribution in [-0.2, 0) is 14.3 Å². The van der Waals surface area contributed by atoms with Gasteiger partial charge in [-0.1, -0.05) is 69.8 Å².